The largest absolute Gasteiger partial charge is 0.497 e. The fourth-order valence-corrected chi connectivity index (χ4v) is 2.50. The molecule has 0 fully saturated rings. The molecule has 8 heteroatoms. The fourth-order valence-electron chi connectivity index (χ4n) is 2.50. The summed E-state index contributed by atoms with van der Waals surface area (Å²) in [5.74, 6) is 0.236. The number of methoxy groups -OCH3 is 1. The van der Waals surface area contributed by atoms with Crippen LogP contribution < -0.4 is 10.1 Å². The zero-order chi connectivity index (χ0) is 20.1. The van der Waals surface area contributed by atoms with Crippen LogP contribution in [-0.4, -0.2) is 23.0 Å². The van der Waals surface area contributed by atoms with E-state index in [-0.39, 0.29) is 12.1 Å². The van der Waals surface area contributed by atoms with Crippen molar-refractivity contribution in [3.05, 3.63) is 77.7 Å². The van der Waals surface area contributed by atoms with Crippen molar-refractivity contribution in [1.29, 1.82) is 0 Å². The summed E-state index contributed by atoms with van der Waals surface area (Å²) >= 11 is 0. The number of ether oxygens (including phenoxy) is 1. The Bertz CT molecular complexity index is 956. The molecule has 0 aliphatic rings. The van der Waals surface area contributed by atoms with Gasteiger partial charge in [0.25, 0.3) is 5.91 Å². The summed E-state index contributed by atoms with van der Waals surface area (Å²) in [4.78, 5) is 20.5. The molecule has 1 N–H and O–H groups in total. The Morgan fingerprint density at radius 2 is 1.71 bits per heavy atom. The van der Waals surface area contributed by atoms with Crippen LogP contribution in [0.3, 0.4) is 0 Å². The summed E-state index contributed by atoms with van der Waals surface area (Å²) in [6.45, 7) is 0.117. The van der Waals surface area contributed by atoms with Crippen molar-refractivity contribution in [2.45, 2.75) is 12.7 Å². The highest BCUT2D eigenvalue weighted by atomic mass is 19.4. The van der Waals surface area contributed by atoms with E-state index in [4.69, 9.17) is 4.74 Å². The van der Waals surface area contributed by atoms with E-state index in [0.29, 0.717) is 11.4 Å². The minimum absolute atomic E-state index is 0.117. The summed E-state index contributed by atoms with van der Waals surface area (Å²) in [5.41, 5.74) is 1.44. The lowest BCUT2D eigenvalue weighted by atomic mass is 10.1. The summed E-state index contributed by atoms with van der Waals surface area (Å²) < 4.78 is 42.9. The maximum absolute atomic E-state index is 12.6. The van der Waals surface area contributed by atoms with Crippen molar-refractivity contribution >= 4 is 5.91 Å². The summed E-state index contributed by atoms with van der Waals surface area (Å²) in [6, 6.07) is 13.1. The van der Waals surface area contributed by atoms with Crippen molar-refractivity contribution in [2.24, 2.45) is 0 Å². The number of carbonyl (C=O) groups excluding carboxylic acids is 1. The van der Waals surface area contributed by atoms with E-state index in [2.05, 4.69) is 15.3 Å². The van der Waals surface area contributed by atoms with Gasteiger partial charge in [-0.25, -0.2) is 9.97 Å². The van der Waals surface area contributed by atoms with Crippen LogP contribution in [0.25, 0.3) is 11.3 Å². The number of hydrogen-bond acceptors (Lipinski definition) is 4. The first-order chi connectivity index (χ1) is 13.4. The Labute approximate surface area is 159 Å². The second kappa shape index (κ2) is 8.08. The highest BCUT2D eigenvalue weighted by Crippen LogP contribution is 2.29. The number of aromatic nitrogens is 2. The molecule has 1 aromatic heterocycles. The highest BCUT2D eigenvalue weighted by molar-refractivity contribution is 5.94. The van der Waals surface area contributed by atoms with E-state index in [0.717, 1.165) is 35.6 Å². The number of hydrogen-bond donors (Lipinski definition) is 1. The topological polar surface area (TPSA) is 64.1 Å². The Morgan fingerprint density at radius 1 is 1.04 bits per heavy atom. The molecule has 0 unspecified atom stereocenters. The molecule has 2 aromatic carbocycles. The third-order valence-corrected chi connectivity index (χ3v) is 4.01. The molecule has 0 saturated heterocycles. The molecule has 0 saturated carbocycles. The molecule has 5 nitrogen and oxygen atoms in total. The van der Waals surface area contributed by atoms with Gasteiger partial charge in [0.15, 0.2) is 0 Å². The molecule has 0 spiro atoms. The molecule has 0 atom stereocenters. The molecule has 0 aliphatic carbocycles. The van der Waals surface area contributed by atoms with Crippen LogP contribution in [0.4, 0.5) is 13.2 Å². The van der Waals surface area contributed by atoms with Crippen LogP contribution in [-0.2, 0) is 12.7 Å². The van der Waals surface area contributed by atoms with Crippen LogP contribution in [0.2, 0.25) is 0 Å². The van der Waals surface area contributed by atoms with Crippen LogP contribution in [0.1, 0.15) is 21.6 Å². The Hall–Kier alpha value is -3.42. The van der Waals surface area contributed by atoms with Crippen LogP contribution in [0.15, 0.2) is 60.9 Å². The summed E-state index contributed by atoms with van der Waals surface area (Å²) in [7, 11) is 1.58. The maximum Gasteiger partial charge on any atom is 0.416 e. The quantitative estimate of drug-likeness (QED) is 0.716. The molecule has 3 rings (SSSR count). The second-order valence-corrected chi connectivity index (χ2v) is 5.88. The van der Waals surface area contributed by atoms with Crippen molar-refractivity contribution in [1.82, 2.24) is 15.3 Å². The van der Waals surface area contributed by atoms with Gasteiger partial charge in [-0.1, -0.05) is 0 Å². The summed E-state index contributed by atoms with van der Waals surface area (Å²) in [5, 5.41) is 2.64. The number of rotatable bonds is 5. The lowest BCUT2D eigenvalue weighted by Gasteiger charge is -2.09. The van der Waals surface area contributed by atoms with Crippen LogP contribution >= 0.6 is 0 Å². The molecule has 0 bridgehead atoms. The lowest BCUT2D eigenvalue weighted by molar-refractivity contribution is -0.137. The number of amides is 1. The van der Waals surface area contributed by atoms with Crippen LogP contribution in [0, 0.1) is 0 Å². The van der Waals surface area contributed by atoms with Crippen molar-refractivity contribution in [3.63, 3.8) is 0 Å². The van der Waals surface area contributed by atoms with Crippen molar-refractivity contribution < 1.29 is 22.7 Å². The molecule has 28 heavy (non-hydrogen) atoms. The molecule has 1 heterocycles. The minimum Gasteiger partial charge on any atom is -0.497 e. The second-order valence-electron chi connectivity index (χ2n) is 5.88. The zero-order valence-corrected chi connectivity index (χ0v) is 14.8. The predicted molar refractivity (Wildman–Crippen MR) is 96.6 cm³/mol. The lowest BCUT2D eigenvalue weighted by Crippen LogP contribution is -2.23. The number of carbonyl (C=O) groups is 1. The van der Waals surface area contributed by atoms with Crippen LogP contribution in [0.5, 0.6) is 5.75 Å². The van der Waals surface area contributed by atoms with Crippen molar-refractivity contribution in [3.8, 4) is 17.0 Å². The smallest absolute Gasteiger partial charge is 0.416 e. The summed E-state index contributed by atoms with van der Waals surface area (Å²) in [6.07, 6.45) is -3.05. The molecular formula is C20H16F3N3O2. The average molecular weight is 387 g/mol. The third kappa shape index (κ3) is 4.64. The van der Waals surface area contributed by atoms with Gasteiger partial charge in [0, 0.05) is 11.1 Å². The van der Waals surface area contributed by atoms with E-state index in [1.165, 1.54) is 6.33 Å². The van der Waals surface area contributed by atoms with Gasteiger partial charge in [-0.05, 0) is 54.6 Å². The first-order valence-electron chi connectivity index (χ1n) is 8.27. The Balaban J connectivity index is 1.66. The van der Waals surface area contributed by atoms with Gasteiger partial charge in [-0.3, -0.25) is 4.79 Å². The molecule has 0 aliphatic heterocycles. The molecule has 0 radical (unpaired) electrons. The minimum atomic E-state index is -4.44. The first-order valence-corrected chi connectivity index (χ1v) is 8.27. The van der Waals surface area contributed by atoms with Gasteiger partial charge in [0.2, 0.25) is 0 Å². The Morgan fingerprint density at radius 3 is 2.32 bits per heavy atom. The van der Waals surface area contributed by atoms with E-state index < -0.39 is 17.6 Å². The normalized spacial score (nSPS) is 11.1. The average Bonchev–Trinajstić information content (AvgIpc) is 2.72. The van der Waals surface area contributed by atoms with Gasteiger partial charge in [0.05, 0.1) is 30.6 Å². The molecule has 3 aromatic rings. The number of benzene rings is 2. The fraction of sp³-hybridized carbons (Fsp3) is 0.150. The highest BCUT2D eigenvalue weighted by Gasteiger charge is 2.30. The van der Waals surface area contributed by atoms with Gasteiger partial charge in [0.1, 0.15) is 12.1 Å². The first kappa shape index (κ1) is 19.3. The molecular weight excluding hydrogens is 371 g/mol. The van der Waals surface area contributed by atoms with E-state index in [1.54, 1.807) is 13.2 Å². The van der Waals surface area contributed by atoms with Gasteiger partial charge >= 0.3 is 6.18 Å². The van der Waals surface area contributed by atoms with Gasteiger partial charge in [-0.15, -0.1) is 0 Å². The number of nitrogens with zero attached hydrogens (tertiary/aromatic N) is 2. The van der Waals surface area contributed by atoms with Gasteiger partial charge in [-0.2, -0.15) is 13.2 Å². The molecule has 144 valence electrons. The monoisotopic (exact) mass is 387 g/mol. The Kier molecular flexibility index (Phi) is 5.58. The number of alkyl halides is 3. The molecule has 1 amide bonds. The van der Waals surface area contributed by atoms with E-state index in [9.17, 15) is 18.0 Å². The third-order valence-electron chi connectivity index (χ3n) is 4.01. The standard InChI is InChI=1S/C20H16F3N3O2/c1-28-17-8-4-13(5-9-17)18-10-16(25-12-26-18)11-24-19(27)14-2-6-15(7-3-14)20(21,22)23/h2-10,12H,11H2,1H3,(H,24,27). The number of halogens is 3. The SMILES string of the molecule is COc1ccc(-c2cc(CNC(=O)c3ccc(C(F)(F)F)cc3)ncn2)cc1. The zero-order valence-electron chi connectivity index (χ0n) is 14.8. The van der Waals surface area contributed by atoms with E-state index in [1.807, 2.05) is 24.3 Å². The van der Waals surface area contributed by atoms with E-state index >= 15 is 0 Å². The maximum atomic E-state index is 12.6. The van der Waals surface area contributed by atoms with Crippen molar-refractivity contribution in [2.75, 3.05) is 7.11 Å². The predicted octanol–water partition coefficient (Wildman–Crippen LogP) is 4.10. The number of nitrogens with one attached hydrogen (secondary N) is 1. The van der Waals surface area contributed by atoms with Gasteiger partial charge < -0.3 is 10.1 Å².